The van der Waals surface area contributed by atoms with E-state index in [9.17, 15) is 9.18 Å². The number of hydrogen-bond acceptors (Lipinski definition) is 2. The van der Waals surface area contributed by atoms with E-state index in [-0.39, 0.29) is 24.1 Å². The quantitative estimate of drug-likeness (QED) is 0.910. The highest BCUT2D eigenvalue weighted by molar-refractivity contribution is 9.10. The maximum Gasteiger partial charge on any atom is 0.257 e. The van der Waals surface area contributed by atoms with Crippen LogP contribution in [0.2, 0.25) is 0 Å². The zero-order valence-corrected chi connectivity index (χ0v) is 10.8. The van der Waals surface area contributed by atoms with Crippen LogP contribution in [-0.2, 0) is 0 Å². The van der Waals surface area contributed by atoms with Crippen LogP contribution >= 0.6 is 15.9 Å². The number of halogens is 2. The molecule has 1 saturated heterocycles. The molecule has 1 aromatic carbocycles. The van der Waals surface area contributed by atoms with Gasteiger partial charge in [0.15, 0.2) is 0 Å². The summed E-state index contributed by atoms with van der Waals surface area (Å²) in [6.45, 7) is 0.511. The van der Waals surface area contributed by atoms with Crippen molar-refractivity contribution in [1.82, 2.24) is 4.90 Å². The van der Waals surface area contributed by atoms with Gasteiger partial charge >= 0.3 is 0 Å². The van der Waals surface area contributed by atoms with Crippen molar-refractivity contribution in [2.75, 3.05) is 13.2 Å². The molecule has 0 radical (unpaired) electrons. The number of benzene rings is 1. The second-order valence-electron chi connectivity index (χ2n) is 4.10. The third kappa shape index (κ3) is 2.50. The van der Waals surface area contributed by atoms with E-state index in [0.717, 1.165) is 12.8 Å². The lowest BCUT2D eigenvalue weighted by molar-refractivity contribution is 0.0673. The van der Waals surface area contributed by atoms with Gasteiger partial charge in [-0.05, 0) is 31.0 Å². The van der Waals surface area contributed by atoms with E-state index < -0.39 is 5.82 Å². The maximum atomic E-state index is 13.6. The van der Waals surface area contributed by atoms with Crippen LogP contribution < -0.4 is 0 Å². The molecule has 0 saturated carbocycles. The van der Waals surface area contributed by atoms with Crippen molar-refractivity contribution >= 4 is 21.8 Å². The Bertz CT molecular complexity index is 439. The van der Waals surface area contributed by atoms with Crippen molar-refractivity contribution in [3.05, 3.63) is 34.1 Å². The lowest BCUT2D eigenvalue weighted by Gasteiger charge is -2.23. The predicted molar refractivity (Wildman–Crippen MR) is 65.2 cm³/mol. The van der Waals surface area contributed by atoms with Crippen LogP contribution in [0.25, 0.3) is 0 Å². The van der Waals surface area contributed by atoms with Crippen LogP contribution in [0.4, 0.5) is 4.39 Å². The molecule has 1 aliphatic heterocycles. The van der Waals surface area contributed by atoms with Crippen molar-refractivity contribution in [3.63, 3.8) is 0 Å². The first-order chi connectivity index (χ1) is 8.13. The number of hydrogen-bond donors (Lipinski definition) is 1. The summed E-state index contributed by atoms with van der Waals surface area (Å²) < 4.78 is 14.2. The molecule has 3 nitrogen and oxygen atoms in total. The smallest absolute Gasteiger partial charge is 0.257 e. The van der Waals surface area contributed by atoms with Gasteiger partial charge in [0.25, 0.3) is 5.91 Å². The number of aliphatic hydroxyl groups is 1. The number of aliphatic hydroxyl groups excluding tert-OH is 1. The van der Waals surface area contributed by atoms with Gasteiger partial charge in [0.1, 0.15) is 5.82 Å². The fourth-order valence-electron chi connectivity index (χ4n) is 2.11. The Morgan fingerprint density at radius 1 is 1.59 bits per heavy atom. The number of rotatable bonds is 2. The van der Waals surface area contributed by atoms with Crippen LogP contribution in [0.5, 0.6) is 0 Å². The summed E-state index contributed by atoms with van der Waals surface area (Å²) in [6.07, 6.45) is 1.63. The van der Waals surface area contributed by atoms with Gasteiger partial charge in [-0.25, -0.2) is 4.39 Å². The molecule has 1 amide bonds. The highest BCUT2D eigenvalue weighted by Gasteiger charge is 2.30. The minimum Gasteiger partial charge on any atom is -0.394 e. The Kier molecular flexibility index (Phi) is 3.79. The third-order valence-electron chi connectivity index (χ3n) is 3.01. The van der Waals surface area contributed by atoms with Crippen LogP contribution in [0, 0.1) is 5.82 Å². The molecule has 1 heterocycles. The molecule has 1 aromatic rings. The summed E-state index contributed by atoms with van der Waals surface area (Å²) in [5.41, 5.74) is 0.0553. The summed E-state index contributed by atoms with van der Waals surface area (Å²) >= 11 is 3.22. The first-order valence-electron chi connectivity index (χ1n) is 5.50. The molecule has 1 aliphatic rings. The maximum absolute atomic E-state index is 13.6. The first-order valence-corrected chi connectivity index (χ1v) is 6.29. The zero-order valence-electron chi connectivity index (χ0n) is 9.20. The largest absolute Gasteiger partial charge is 0.394 e. The normalized spacial score (nSPS) is 19.7. The Morgan fingerprint density at radius 2 is 2.35 bits per heavy atom. The van der Waals surface area contributed by atoms with Gasteiger partial charge in [0.2, 0.25) is 0 Å². The van der Waals surface area contributed by atoms with Gasteiger partial charge < -0.3 is 10.0 Å². The average molecular weight is 302 g/mol. The van der Waals surface area contributed by atoms with E-state index in [0.29, 0.717) is 11.0 Å². The third-order valence-corrected chi connectivity index (χ3v) is 3.50. The number of carbonyl (C=O) groups is 1. The molecule has 0 aliphatic carbocycles. The number of carbonyl (C=O) groups excluding carboxylic acids is 1. The molecule has 1 unspecified atom stereocenters. The molecule has 0 bridgehead atoms. The zero-order chi connectivity index (χ0) is 12.4. The van der Waals surface area contributed by atoms with Crippen molar-refractivity contribution in [1.29, 1.82) is 0 Å². The SMILES string of the molecule is O=C(c1cc(Br)ccc1F)N1CCCC1CO. The summed E-state index contributed by atoms with van der Waals surface area (Å²) in [6, 6.07) is 4.12. The standard InChI is InChI=1S/C12H13BrFNO2/c13-8-3-4-11(14)10(6-8)12(17)15-5-1-2-9(15)7-16/h3-4,6,9,16H,1-2,5,7H2. The Hall–Kier alpha value is -0.940. The van der Waals surface area contributed by atoms with E-state index >= 15 is 0 Å². The Labute approximate surface area is 107 Å². The monoisotopic (exact) mass is 301 g/mol. The molecule has 1 N–H and O–H groups in total. The van der Waals surface area contributed by atoms with Crippen molar-refractivity contribution in [2.24, 2.45) is 0 Å². The summed E-state index contributed by atoms with van der Waals surface area (Å²) in [5.74, 6) is -0.873. The second kappa shape index (κ2) is 5.14. The Morgan fingerprint density at radius 3 is 3.06 bits per heavy atom. The minimum absolute atomic E-state index is 0.0553. The minimum atomic E-state index is -0.526. The fraction of sp³-hybridized carbons (Fsp3) is 0.417. The van der Waals surface area contributed by atoms with E-state index in [1.54, 1.807) is 11.0 Å². The summed E-state index contributed by atoms with van der Waals surface area (Å²) in [7, 11) is 0. The predicted octanol–water partition coefficient (Wildman–Crippen LogP) is 2.19. The number of amides is 1. The second-order valence-corrected chi connectivity index (χ2v) is 5.02. The molecular weight excluding hydrogens is 289 g/mol. The van der Waals surface area contributed by atoms with Gasteiger partial charge in [-0.15, -0.1) is 0 Å². The summed E-state index contributed by atoms with van der Waals surface area (Å²) in [5, 5.41) is 9.16. The van der Waals surface area contributed by atoms with Crippen LogP contribution in [-0.4, -0.2) is 35.1 Å². The lowest BCUT2D eigenvalue weighted by Crippen LogP contribution is -2.38. The van der Waals surface area contributed by atoms with Gasteiger partial charge in [-0.2, -0.15) is 0 Å². The molecule has 2 rings (SSSR count). The van der Waals surface area contributed by atoms with Crippen molar-refractivity contribution < 1.29 is 14.3 Å². The van der Waals surface area contributed by atoms with Gasteiger partial charge in [-0.3, -0.25) is 4.79 Å². The van der Waals surface area contributed by atoms with Crippen molar-refractivity contribution in [3.8, 4) is 0 Å². The summed E-state index contributed by atoms with van der Waals surface area (Å²) in [4.78, 5) is 13.7. The topological polar surface area (TPSA) is 40.5 Å². The molecule has 0 spiro atoms. The van der Waals surface area contributed by atoms with E-state index in [1.165, 1.54) is 12.1 Å². The molecule has 1 atom stereocenters. The van der Waals surface area contributed by atoms with Crippen LogP contribution in [0.3, 0.4) is 0 Å². The molecule has 17 heavy (non-hydrogen) atoms. The van der Waals surface area contributed by atoms with Crippen LogP contribution in [0.15, 0.2) is 22.7 Å². The van der Waals surface area contributed by atoms with Crippen LogP contribution in [0.1, 0.15) is 23.2 Å². The molecule has 5 heteroatoms. The fourth-order valence-corrected chi connectivity index (χ4v) is 2.47. The first kappa shape index (κ1) is 12.5. The average Bonchev–Trinajstić information content (AvgIpc) is 2.79. The van der Waals surface area contributed by atoms with E-state index in [1.807, 2.05) is 0 Å². The van der Waals surface area contributed by atoms with Crippen molar-refractivity contribution in [2.45, 2.75) is 18.9 Å². The highest BCUT2D eigenvalue weighted by Crippen LogP contribution is 2.23. The van der Waals surface area contributed by atoms with Gasteiger partial charge in [0.05, 0.1) is 18.2 Å². The molecule has 0 aromatic heterocycles. The molecule has 1 fully saturated rings. The number of likely N-dealkylation sites (tertiary alicyclic amines) is 1. The van der Waals surface area contributed by atoms with Gasteiger partial charge in [-0.1, -0.05) is 15.9 Å². The van der Waals surface area contributed by atoms with Gasteiger partial charge in [0, 0.05) is 11.0 Å². The lowest BCUT2D eigenvalue weighted by atomic mass is 10.1. The Balaban J connectivity index is 2.27. The van der Waals surface area contributed by atoms with E-state index in [4.69, 9.17) is 5.11 Å². The van der Waals surface area contributed by atoms with E-state index in [2.05, 4.69) is 15.9 Å². The number of nitrogens with zero attached hydrogens (tertiary/aromatic N) is 1. The molecular formula is C12H13BrFNO2. The molecule has 92 valence electrons. The highest BCUT2D eigenvalue weighted by atomic mass is 79.9.